The van der Waals surface area contributed by atoms with Crippen molar-refractivity contribution >= 4 is 17.6 Å². The molecule has 4 heteroatoms. The Bertz CT molecular complexity index is 1030. The molecule has 0 fully saturated rings. The lowest BCUT2D eigenvalue weighted by Crippen LogP contribution is -2.38. The van der Waals surface area contributed by atoms with Crippen molar-refractivity contribution in [1.29, 1.82) is 0 Å². The van der Waals surface area contributed by atoms with Crippen LogP contribution >= 0.6 is 11.6 Å². The second kappa shape index (κ2) is 7.33. The van der Waals surface area contributed by atoms with Gasteiger partial charge in [0.25, 0.3) is 0 Å². The van der Waals surface area contributed by atoms with Crippen LogP contribution in [-0.4, -0.2) is 16.7 Å². The largest absolute Gasteiger partial charge is 0.487 e. The van der Waals surface area contributed by atoms with E-state index < -0.39 is 5.97 Å². The molecule has 0 aromatic heterocycles. The van der Waals surface area contributed by atoms with Gasteiger partial charge in [0, 0.05) is 11.4 Å². The molecule has 1 atom stereocenters. The third-order valence-electron chi connectivity index (χ3n) is 5.27. The fourth-order valence-corrected chi connectivity index (χ4v) is 3.99. The van der Waals surface area contributed by atoms with E-state index in [9.17, 15) is 4.79 Å². The number of hydrogen-bond donors (Lipinski definition) is 1. The van der Waals surface area contributed by atoms with Crippen LogP contribution < -0.4 is 4.74 Å². The molecule has 3 aromatic carbocycles. The number of benzene rings is 3. The number of fused-ring (bicyclic) bond motifs is 1. The summed E-state index contributed by atoms with van der Waals surface area (Å²) in [5.74, 6) is 0.00562. The molecule has 28 heavy (non-hydrogen) atoms. The quantitative estimate of drug-likeness (QED) is 0.589. The van der Waals surface area contributed by atoms with Crippen molar-refractivity contribution in [2.75, 3.05) is 0 Å². The van der Waals surface area contributed by atoms with Crippen molar-refractivity contribution in [2.24, 2.45) is 0 Å². The first kappa shape index (κ1) is 18.6. The van der Waals surface area contributed by atoms with Gasteiger partial charge in [-0.3, -0.25) is 0 Å². The Balaban J connectivity index is 1.55. The molecular formula is C24H21ClO3. The molecule has 1 N–H and O–H groups in total. The molecule has 0 aliphatic carbocycles. The van der Waals surface area contributed by atoms with E-state index >= 15 is 0 Å². The van der Waals surface area contributed by atoms with Gasteiger partial charge in [-0.15, -0.1) is 0 Å². The zero-order valence-electron chi connectivity index (χ0n) is 15.6. The summed E-state index contributed by atoms with van der Waals surface area (Å²) in [7, 11) is 0. The summed E-state index contributed by atoms with van der Waals surface area (Å²) in [5.41, 5.74) is 4.46. The van der Waals surface area contributed by atoms with Gasteiger partial charge < -0.3 is 9.84 Å². The maximum Gasteiger partial charge on any atom is 0.335 e. The molecule has 1 aliphatic rings. The van der Waals surface area contributed by atoms with Crippen LogP contribution in [0, 0.1) is 0 Å². The van der Waals surface area contributed by atoms with E-state index in [2.05, 4.69) is 19.1 Å². The van der Waals surface area contributed by atoms with Gasteiger partial charge in [-0.25, -0.2) is 4.79 Å². The molecular weight excluding hydrogens is 372 g/mol. The number of carboxylic acid groups (broad SMARTS) is 1. The number of ether oxygens (including phenoxy) is 1. The highest BCUT2D eigenvalue weighted by atomic mass is 35.5. The molecule has 3 aromatic rings. The van der Waals surface area contributed by atoms with Gasteiger partial charge in [-0.1, -0.05) is 41.9 Å². The number of aromatic carboxylic acids is 1. The van der Waals surface area contributed by atoms with Gasteiger partial charge in [-0.05, 0) is 78.4 Å². The number of halogens is 1. The Labute approximate surface area is 169 Å². The fourth-order valence-electron chi connectivity index (χ4n) is 3.78. The van der Waals surface area contributed by atoms with Gasteiger partial charge in [0.1, 0.15) is 11.4 Å². The Hall–Kier alpha value is -2.78. The van der Waals surface area contributed by atoms with Gasteiger partial charge in [-0.2, -0.15) is 0 Å². The Morgan fingerprint density at radius 3 is 2.54 bits per heavy atom. The van der Waals surface area contributed by atoms with Crippen LogP contribution in [0.5, 0.6) is 5.75 Å². The van der Waals surface area contributed by atoms with Crippen LogP contribution in [0.15, 0.2) is 66.7 Å². The van der Waals surface area contributed by atoms with Crippen molar-refractivity contribution < 1.29 is 14.6 Å². The topological polar surface area (TPSA) is 46.5 Å². The monoisotopic (exact) mass is 392 g/mol. The van der Waals surface area contributed by atoms with E-state index in [0.717, 1.165) is 41.2 Å². The van der Waals surface area contributed by atoms with Crippen LogP contribution in [0.25, 0.3) is 11.1 Å². The average Bonchev–Trinajstić information content (AvgIpc) is 2.67. The summed E-state index contributed by atoms with van der Waals surface area (Å²) in [4.78, 5) is 11.0. The van der Waals surface area contributed by atoms with E-state index in [1.807, 2.05) is 42.5 Å². The summed E-state index contributed by atoms with van der Waals surface area (Å²) in [6, 6.07) is 21.1. The normalized spacial score (nSPS) is 18.2. The molecule has 4 rings (SSSR count). The number of rotatable bonds is 4. The number of carbonyl (C=O) groups is 1. The standard InChI is InChI=1S/C24H21ClO3/c1-24(15-16-3-2-4-21(25)13-16)12-11-20-14-19(9-10-22(20)28-24)17-5-7-18(8-6-17)23(26)27/h2-10,13-14H,11-12,15H2,1H3,(H,26,27)/t24-/m0/s1. The van der Waals surface area contributed by atoms with E-state index in [1.54, 1.807) is 12.1 Å². The third-order valence-corrected chi connectivity index (χ3v) is 5.51. The minimum Gasteiger partial charge on any atom is -0.487 e. The molecule has 3 nitrogen and oxygen atoms in total. The molecule has 1 heterocycles. The maximum absolute atomic E-state index is 11.0. The Kier molecular flexibility index (Phi) is 4.86. The molecule has 0 unspecified atom stereocenters. The Morgan fingerprint density at radius 2 is 1.82 bits per heavy atom. The molecule has 0 saturated carbocycles. The first-order valence-corrected chi connectivity index (χ1v) is 9.70. The smallest absolute Gasteiger partial charge is 0.335 e. The van der Waals surface area contributed by atoms with Crippen molar-refractivity contribution in [2.45, 2.75) is 31.8 Å². The van der Waals surface area contributed by atoms with Gasteiger partial charge in [0.15, 0.2) is 0 Å². The lowest BCUT2D eigenvalue weighted by Gasteiger charge is -2.36. The van der Waals surface area contributed by atoms with Gasteiger partial charge >= 0.3 is 5.97 Å². The zero-order valence-corrected chi connectivity index (χ0v) is 16.4. The molecule has 142 valence electrons. The second-order valence-corrected chi connectivity index (χ2v) is 8.00. The summed E-state index contributed by atoms with van der Waals surface area (Å²) >= 11 is 6.12. The average molecular weight is 393 g/mol. The van der Waals surface area contributed by atoms with Crippen molar-refractivity contribution in [3.8, 4) is 16.9 Å². The lowest BCUT2D eigenvalue weighted by atomic mass is 9.86. The summed E-state index contributed by atoms with van der Waals surface area (Å²) < 4.78 is 6.38. The van der Waals surface area contributed by atoms with Crippen LogP contribution in [-0.2, 0) is 12.8 Å². The highest BCUT2D eigenvalue weighted by Crippen LogP contribution is 2.37. The zero-order chi connectivity index (χ0) is 19.7. The summed E-state index contributed by atoms with van der Waals surface area (Å²) in [5, 5.41) is 9.80. The molecule has 0 amide bonds. The maximum atomic E-state index is 11.0. The predicted octanol–water partition coefficient (Wildman–Crippen LogP) is 6.03. The number of carboxylic acids is 1. The first-order chi connectivity index (χ1) is 13.4. The third kappa shape index (κ3) is 3.90. The lowest BCUT2D eigenvalue weighted by molar-refractivity contribution is 0.0654. The van der Waals surface area contributed by atoms with Gasteiger partial charge in [0.2, 0.25) is 0 Å². The molecule has 0 saturated heterocycles. The molecule has 1 aliphatic heterocycles. The second-order valence-electron chi connectivity index (χ2n) is 7.56. The Morgan fingerprint density at radius 1 is 1.07 bits per heavy atom. The van der Waals surface area contributed by atoms with Crippen LogP contribution in [0.1, 0.15) is 34.8 Å². The SMILES string of the molecule is C[C@@]1(Cc2cccc(Cl)c2)CCc2cc(-c3ccc(C(=O)O)cc3)ccc2O1. The van der Waals surface area contributed by atoms with E-state index in [1.165, 1.54) is 11.1 Å². The van der Waals surface area contributed by atoms with Crippen LogP contribution in [0.2, 0.25) is 5.02 Å². The van der Waals surface area contributed by atoms with Crippen LogP contribution in [0.4, 0.5) is 0 Å². The summed E-state index contributed by atoms with van der Waals surface area (Å²) in [6.45, 7) is 2.15. The molecule has 0 spiro atoms. The van der Waals surface area contributed by atoms with Crippen molar-refractivity contribution in [1.82, 2.24) is 0 Å². The highest BCUT2D eigenvalue weighted by Gasteiger charge is 2.32. The molecule has 0 bridgehead atoms. The minimum atomic E-state index is -0.913. The van der Waals surface area contributed by atoms with E-state index in [0.29, 0.717) is 5.56 Å². The number of hydrogen-bond acceptors (Lipinski definition) is 2. The highest BCUT2D eigenvalue weighted by molar-refractivity contribution is 6.30. The molecule has 0 radical (unpaired) electrons. The first-order valence-electron chi connectivity index (χ1n) is 9.32. The fraction of sp³-hybridized carbons (Fsp3) is 0.208. The predicted molar refractivity (Wildman–Crippen MR) is 111 cm³/mol. The van der Waals surface area contributed by atoms with Crippen molar-refractivity contribution in [3.05, 3.63) is 88.4 Å². The van der Waals surface area contributed by atoms with Gasteiger partial charge in [0.05, 0.1) is 5.56 Å². The minimum absolute atomic E-state index is 0.262. The number of aryl methyl sites for hydroxylation is 1. The van der Waals surface area contributed by atoms with E-state index in [4.69, 9.17) is 21.4 Å². The van der Waals surface area contributed by atoms with Crippen molar-refractivity contribution in [3.63, 3.8) is 0 Å². The van der Waals surface area contributed by atoms with E-state index in [-0.39, 0.29) is 5.60 Å². The van der Waals surface area contributed by atoms with Crippen LogP contribution in [0.3, 0.4) is 0 Å². The summed E-state index contributed by atoms with van der Waals surface area (Å²) in [6.07, 6.45) is 2.67.